The molecule has 1 nitrogen and oxygen atoms in total. The van der Waals surface area contributed by atoms with Crippen molar-refractivity contribution < 1.29 is 1.37 Å². The Balaban J connectivity index is 0.998. The average Bonchev–Trinajstić information content (AvgIpc) is 3.57. The second-order valence-corrected chi connectivity index (χ2v) is 17.2. The lowest BCUT2D eigenvalue weighted by molar-refractivity contribution is 0.663. The molecule has 11 aromatic carbocycles. The molecule has 0 N–H and O–H groups in total. The van der Waals surface area contributed by atoms with Crippen LogP contribution in [0.5, 0.6) is 0 Å². The second-order valence-electron chi connectivity index (χ2n) is 17.2. The summed E-state index contributed by atoms with van der Waals surface area (Å²) in [4.78, 5) is 2.36. The van der Waals surface area contributed by atoms with Gasteiger partial charge in [-0.2, -0.15) is 0 Å². The van der Waals surface area contributed by atoms with Gasteiger partial charge in [0.1, 0.15) is 0 Å². The van der Waals surface area contributed by atoms with Gasteiger partial charge >= 0.3 is 0 Å². The van der Waals surface area contributed by atoms with E-state index in [0.717, 1.165) is 39.3 Å². The molecular weight excluding hydrogens is 747 g/mol. The zero-order valence-electron chi connectivity index (χ0n) is 35.7. The van der Waals surface area contributed by atoms with Crippen LogP contribution < -0.4 is 4.90 Å². The Bertz CT molecular complexity index is 3630. The van der Waals surface area contributed by atoms with Gasteiger partial charge in [-0.25, -0.2) is 0 Å². The van der Waals surface area contributed by atoms with E-state index in [1.807, 2.05) is 6.07 Å². The molecule has 1 aliphatic carbocycles. The zero-order valence-corrected chi connectivity index (χ0v) is 34.7. The van der Waals surface area contributed by atoms with E-state index in [4.69, 9.17) is 0 Å². The lowest BCUT2D eigenvalue weighted by atomic mass is 9.80. The van der Waals surface area contributed by atoms with Crippen LogP contribution in [-0.4, -0.2) is 0 Å². The summed E-state index contributed by atoms with van der Waals surface area (Å²) >= 11 is 0. The minimum atomic E-state index is -0.264. The highest BCUT2D eigenvalue weighted by Gasteiger charge is 2.35. The van der Waals surface area contributed by atoms with Crippen LogP contribution in [0, 0.1) is 0 Å². The predicted octanol–water partition coefficient (Wildman–Crippen LogP) is 16.8. The maximum absolute atomic E-state index is 10.1. The van der Waals surface area contributed by atoms with Crippen LogP contribution in [0.3, 0.4) is 0 Å². The van der Waals surface area contributed by atoms with Gasteiger partial charge in [0, 0.05) is 22.2 Å². The Labute approximate surface area is 363 Å². The van der Waals surface area contributed by atoms with Gasteiger partial charge in [0.05, 0.1) is 7.06 Å². The van der Waals surface area contributed by atoms with Crippen molar-refractivity contribution in [2.75, 3.05) is 4.90 Å². The fourth-order valence-corrected chi connectivity index (χ4v) is 10.2. The van der Waals surface area contributed by atoms with E-state index in [0.29, 0.717) is 6.05 Å². The third-order valence-electron chi connectivity index (χ3n) is 13.2. The zero-order chi connectivity index (χ0) is 42.2. The number of fused-ring (bicyclic) bond motifs is 4. The Morgan fingerprint density at radius 3 is 1.76 bits per heavy atom. The largest absolute Gasteiger partial charge is 0.310 e. The van der Waals surface area contributed by atoms with Crippen molar-refractivity contribution in [3.63, 3.8) is 0 Å². The van der Waals surface area contributed by atoms with Gasteiger partial charge in [-0.15, -0.1) is 0 Å². The van der Waals surface area contributed by atoms with Crippen LogP contribution in [0.15, 0.2) is 218 Å². The Hall–Kier alpha value is -7.74. The van der Waals surface area contributed by atoms with Gasteiger partial charge in [-0.1, -0.05) is 184 Å². The van der Waals surface area contributed by atoms with Crippen LogP contribution in [0.2, 0.25) is 0 Å². The predicted molar refractivity (Wildman–Crippen MR) is 266 cm³/mol. The minimum absolute atomic E-state index is 0.264. The highest BCUT2D eigenvalue weighted by Crippen LogP contribution is 2.51. The second kappa shape index (κ2) is 14.2. The minimum Gasteiger partial charge on any atom is -0.310 e. The molecule has 12 rings (SSSR count). The van der Waals surface area contributed by atoms with E-state index < -0.39 is 0 Å². The van der Waals surface area contributed by atoms with Crippen molar-refractivity contribution in [1.29, 1.82) is 0 Å². The first kappa shape index (κ1) is 35.1. The standard InChI is InChI=1S/C61H43N/c1-61(2)56-36-40(34-45-28-29-46-37-47(38-57(61)60(46)59(45)56)52-27-15-20-41-18-9-11-23-50(41)52)35-55(42-16-5-3-6-17-42)43-30-32-49(33-31-43)62(48-21-7-4-8-22-48)58-39-44-19-10-12-24-51(44)53-25-13-14-26-54(53)58/h3-39H,1-2H3/b55-35+/i35D. The van der Waals surface area contributed by atoms with Crippen molar-refractivity contribution >= 4 is 82.5 Å². The summed E-state index contributed by atoms with van der Waals surface area (Å²) in [6.07, 6.45) is 0. The molecule has 0 unspecified atom stereocenters. The molecule has 0 fully saturated rings. The van der Waals surface area contributed by atoms with E-state index in [1.54, 1.807) is 0 Å². The normalized spacial score (nSPS) is 13.6. The summed E-state index contributed by atoms with van der Waals surface area (Å²) in [6, 6.07) is 79.3. The summed E-state index contributed by atoms with van der Waals surface area (Å²) in [7, 11) is 0. The van der Waals surface area contributed by atoms with Crippen LogP contribution in [0.1, 0.15) is 43.0 Å². The lowest BCUT2D eigenvalue weighted by Gasteiger charge is -2.28. The van der Waals surface area contributed by atoms with Crippen molar-refractivity contribution in [3.05, 3.63) is 246 Å². The van der Waals surface area contributed by atoms with Gasteiger partial charge in [-0.05, 0) is 148 Å². The molecule has 0 aliphatic heterocycles. The maximum atomic E-state index is 10.1. The Morgan fingerprint density at radius 1 is 0.435 bits per heavy atom. The number of para-hydroxylation sites is 1. The van der Waals surface area contributed by atoms with Gasteiger partial charge in [-0.3, -0.25) is 0 Å². The molecular formula is C61H43N. The fourth-order valence-electron chi connectivity index (χ4n) is 10.2. The fraction of sp³-hybridized carbons (Fsp3) is 0.0492. The third kappa shape index (κ3) is 5.77. The molecule has 0 bridgehead atoms. The van der Waals surface area contributed by atoms with E-state index in [2.05, 4.69) is 231 Å². The highest BCUT2D eigenvalue weighted by atomic mass is 15.1. The number of rotatable bonds is 7. The molecule has 0 amide bonds. The van der Waals surface area contributed by atoms with Crippen molar-refractivity contribution in [2.45, 2.75) is 19.3 Å². The number of benzene rings is 11. The van der Waals surface area contributed by atoms with Gasteiger partial charge in [0.25, 0.3) is 0 Å². The summed E-state index contributed by atoms with van der Waals surface area (Å²) in [5.74, 6) is 0. The van der Waals surface area contributed by atoms with Gasteiger partial charge in [0.15, 0.2) is 0 Å². The topological polar surface area (TPSA) is 3.24 Å². The van der Waals surface area contributed by atoms with E-state index in [9.17, 15) is 1.37 Å². The van der Waals surface area contributed by atoms with Crippen molar-refractivity contribution in [2.24, 2.45) is 0 Å². The van der Waals surface area contributed by atoms with Crippen LogP contribution in [0.4, 0.5) is 17.1 Å². The van der Waals surface area contributed by atoms with E-state index >= 15 is 0 Å². The molecule has 0 heterocycles. The summed E-state index contributed by atoms with van der Waals surface area (Å²) in [5.41, 5.74) is 12.0. The Morgan fingerprint density at radius 2 is 1.00 bits per heavy atom. The molecule has 1 heteroatoms. The first-order valence-corrected chi connectivity index (χ1v) is 21.6. The molecule has 0 saturated carbocycles. The molecule has 0 atom stereocenters. The molecule has 0 radical (unpaired) electrons. The van der Waals surface area contributed by atoms with Crippen LogP contribution >= 0.6 is 0 Å². The van der Waals surface area contributed by atoms with E-state index in [-0.39, 0.29) is 5.41 Å². The molecule has 0 aromatic heterocycles. The number of hydrogen-bond acceptors (Lipinski definition) is 1. The van der Waals surface area contributed by atoms with Crippen LogP contribution in [0.25, 0.3) is 76.6 Å². The van der Waals surface area contributed by atoms with Crippen LogP contribution in [-0.2, 0) is 5.41 Å². The quantitative estimate of drug-likeness (QED) is 0.115. The lowest BCUT2D eigenvalue weighted by Crippen LogP contribution is -2.15. The Kier molecular flexibility index (Phi) is 8.02. The molecule has 62 heavy (non-hydrogen) atoms. The average molecular weight is 791 g/mol. The van der Waals surface area contributed by atoms with Gasteiger partial charge in [0.2, 0.25) is 0 Å². The smallest absolute Gasteiger partial charge is 0.0636 e. The molecule has 11 aromatic rings. The summed E-state index contributed by atoms with van der Waals surface area (Å²) in [5, 5.41) is 12.5. The first-order valence-electron chi connectivity index (χ1n) is 22.1. The van der Waals surface area contributed by atoms with Gasteiger partial charge < -0.3 is 4.90 Å². The monoisotopic (exact) mass is 790 g/mol. The highest BCUT2D eigenvalue weighted by molar-refractivity contribution is 6.17. The molecule has 0 spiro atoms. The summed E-state index contributed by atoms with van der Waals surface area (Å²) in [6.45, 7) is 4.71. The first-order chi connectivity index (χ1) is 30.9. The number of anilines is 3. The molecule has 1 aliphatic rings. The van der Waals surface area contributed by atoms with Crippen molar-refractivity contribution in [1.82, 2.24) is 0 Å². The van der Waals surface area contributed by atoms with E-state index in [1.165, 1.54) is 76.1 Å². The van der Waals surface area contributed by atoms with Crippen molar-refractivity contribution in [3.8, 4) is 11.1 Å². The number of hydrogen-bond donors (Lipinski definition) is 0. The molecule has 292 valence electrons. The summed E-state index contributed by atoms with van der Waals surface area (Å²) < 4.78 is 10.1. The molecule has 0 saturated heterocycles. The maximum Gasteiger partial charge on any atom is 0.0636 e. The third-order valence-corrected chi connectivity index (χ3v) is 13.2. The SMILES string of the molecule is [2H]/C(=C(/c1ccccc1)c1ccc(N(c2ccccc2)c2cc3ccccc3c3ccccc23)cc1)c1cc2c3c(ccc4cc(-c5cccc6ccccc56)cc(c43)C2(C)C)c1. The number of nitrogens with zero attached hydrogens (tertiary/aromatic N) is 1.